The van der Waals surface area contributed by atoms with Gasteiger partial charge in [-0.2, -0.15) is 5.26 Å². The molecule has 1 aliphatic carbocycles. The van der Waals surface area contributed by atoms with Crippen LogP contribution in [-0.4, -0.2) is 24.1 Å². The maximum absolute atomic E-state index is 11.7. The van der Waals surface area contributed by atoms with Crippen molar-refractivity contribution in [2.45, 2.75) is 44.8 Å². The molecule has 0 radical (unpaired) electrons. The van der Waals surface area contributed by atoms with Gasteiger partial charge in [0, 0.05) is 17.9 Å². The van der Waals surface area contributed by atoms with Crippen LogP contribution >= 0.6 is 0 Å². The van der Waals surface area contributed by atoms with Gasteiger partial charge >= 0.3 is 11.9 Å². The maximum atomic E-state index is 11.7. The lowest BCUT2D eigenvalue weighted by Gasteiger charge is -2.32. The molecule has 0 aromatic heterocycles. The Kier molecular flexibility index (Phi) is 3.89. The molecule has 2 aliphatic rings. The van der Waals surface area contributed by atoms with Crippen molar-refractivity contribution >= 4 is 11.9 Å². The molecule has 2 rings (SSSR count). The van der Waals surface area contributed by atoms with E-state index in [1.54, 1.807) is 6.92 Å². The highest BCUT2D eigenvalue weighted by molar-refractivity contribution is 5.87. The van der Waals surface area contributed by atoms with Gasteiger partial charge in [-0.1, -0.05) is 6.58 Å². The monoisotopic (exact) mass is 263 g/mol. The first-order valence-electron chi connectivity index (χ1n) is 6.48. The summed E-state index contributed by atoms with van der Waals surface area (Å²) in [5, 5.41) is 8.67. The third-order valence-corrected chi connectivity index (χ3v) is 3.82. The third kappa shape index (κ3) is 2.62. The van der Waals surface area contributed by atoms with Crippen LogP contribution in [0.1, 0.15) is 32.6 Å². The van der Waals surface area contributed by atoms with E-state index in [1.807, 2.05) is 0 Å². The number of carbonyl (C=O) groups excluding carboxylic acids is 2. The predicted octanol–water partition coefficient (Wildman–Crippen LogP) is 1.73. The molecular formula is C14H17NO4. The fraction of sp³-hybridized carbons (Fsp3) is 0.643. The Morgan fingerprint density at radius 1 is 1.58 bits per heavy atom. The Morgan fingerprint density at radius 2 is 2.32 bits per heavy atom. The van der Waals surface area contributed by atoms with Crippen LogP contribution in [0.2, 0.25) is 0 Å². The molecule has 4 unspecified atom stereocenters. The van der Waals surface area contributed by atoms with E-state index in [-0.39, 0.29) is 17.8 Å². The summed E-state index contributed by atoms with van der Waals surface area (Å²) in [5.74, 6) is -0.825. The number of rotatable bonds is 4. The number of nitrogens with zero attached hydrogens (tertiary/aromatic N) is 1. The van der Waals surface area contributed by atoms with Gasteiger partial charge in [0.25, 0.3) is 0 Å². The van der Waals surface area contributed by atoms with E-state index in [4.69, 9.17) is 14.7 Å². The summed E-state index contributed by atoms with van der Waals surface area (Å²) in [6, 6.07) is 2.08. The van der Waals surface area contributed by atoms with Gasteiger partial charge in [0.05, 0.1) is 12.0 Å². The van der Waals surface area contributed by atoms with E-state index in [9.17, 15) is 9.59 Å². The Labute approximate surface area is 112 Å². The zero-order chi connectivity index (χ0) is 14.0. The Bertz CT molecular complexity index is 451. The summed E-state index contributed by atoms with van der Waals surface area (Å²) < 4.78 is 10.7. The molecule has 1 heterocycles. The quantitative estimate of drug-likeness (QED) is 0.570. The lowest BCUT2D eigenvalue weighted by Crippen LogP contribution is -2.40. The van der Waals surface area contributed by atoms with Crippen LogP contribution in [0.15, 0.2) is 12.2 Å². The molecule has 2 fully saturated rings. The number of carbonyl (C=O) groups is 2. The van der Waals surface area contributed by atoms with Gasteiger partial charge in [0.1, 0.15) is 12.2 Å². The first-order chi connectivity index (χ1) is 9.04. The molecule has 4 atom stereocenters. The maximum Gasteiger partial charge on any atom is 0.333 e. The minimum absolute atomic E-state index is 0.0104. The summed E-state index contributed by atoms with van der Waals surface area (Å²) in [6.45, 7) is 5.13. The van der Waals surface area contributed by atoms with E-state index in [0.29, 0.717) is 31.3 Å². The molecule has 102 valence electrons. The lowest BCUT2D eigenvalue weighted by molar-refractivity contribution is -0.159. The topological polar surface area (TPSA) is 76.4 Å². The molecule has 0 aromatic rings. The van der Waals surface area contributed by atoms with Crippen molar-refractivity contribution in [1.29, 1.82) is 5.26 Å². The molecule has 0 spiro atoms. The molecule has 5 nitrogen and oxygen atoms in total. The number of hydrogen-bond acceptors (Lipinski definition) is 5. The van der Waals surface area contributed by atoms with E-state index in [0.717, 1.165) is 0 Å². The number of ether oxygens (including phenoxy) is 2. The van der Waals surface area contributed by atoms with E-state index in [1.165, 1.54) is 0 Å². The van der Waals surface area contributed by atoms with Gasteiger partial charge in [0.15, 0.2) is 0 Å². The van der Waals surface area contributed by atoms with Crippen molar-refractivity contribution in [3.63, 3.8) is 0 Å². The van der Waals surface area contributed by atoms with Crippen molar-refractivity contribution in [1.82, 2.24) is 0 Å². The van der Waals surface area contributed by atoms with Crippen molar-refractivity contribution < 1.29 is 19.1 Å². The second kappa shape index (κ2) is 5.43. The number of hydrogen-bond donors (Lipinski definition) is 0. The molecule has 5 heteroatoms. The number of esters is 2. The average Bonchev–Trinajstić information content (AvgIpc) is 2.59. The molecule has 0 N–H and O–H groups in total. The van der Waals surface area contributed by atoms with Crippen molar-refractivity contribution in [2.75, 3.05) is 0 Å². The van der Waals surface area contributed by atoms with Gasteiger partial charge in [0.2, 0.25) is 0 Å². The molecule has 0 amide bonds. The lowest BCUT2D eigenvalue weighted by atomic mass is 9.76. The summed E-state index contributed by atoms with van der Waals surface area (Å²) in [5.41, 5.74) is 0.333. The second-order valence-corrected chi connectivity index (χ2v) is 5.17. The van der Waals surface area contributed by atoms with Gasteiger partial charge in [-0.3, -0.25) is 4.79 Å². The number of fused-ring (bicyclic) bond motifs is 2. The van der Waals surface area contributed by atoms with Crippen LogP contribution in [0.3, 0.4) is 0 Å². The predicted molar refractivity (Wildman–Crippen MR) is 65.6 cm³/mol. The van der Waals surface area contributed by atoms with Gasteiger partial charge in [-0.25, -0.2) is 4.79 Å². The number of nitriles is 1. The summed E-state index contributed by atoms with van der Waals surface area (Å²) in [4.78, 5) is 23.3. The molecule has 1 aliphatic heterocycles. The Morgan fingerprint density at radius 3 is 2.95 bits per heavy atom. The van der Waals surface area contributed by atoms with Gasteiger partial charge in [-0.05, 0) is 26.2 Å². The van der Waals surface area contributed by atoms with Crippen LogP contribution < -0.4 is 0 Å². The van der Waals surface area contributed by atoms with E-state index in [2.05, 4.69) is 12.6 Å². The Balaban J connectivity index is 2.07. The van der Waals surface area contributed by atoms with E-state index < -0.39 is 18.2 Å². The minimum atomic E-state index is -0.453. The third-order valence-electron chi connectivity index (χ3n) is 3.82. The van der Waals surface area contributed by atoms with Gasteiger partial charge < -0.3 is 9.47 Å². The van der Waals surface area contributed by atoms with E-state index >= 15 is 0 Å². The fourth-order valence-electron chi connectivity index (χ4n) is 2.87. The van der Waals surface area contributed by atoms with Crippen molar-refractivity contribution in [2.24, 2.45) is 11.8 Å². The largest absolute Gasteiger partial charge is 0.458 e. The average molecular weight is 263 g/mol. The molecule has 0 aromatic carbocycles. The van der Waals surface area contributed by atoms with Crippen LogP contribution in [0.4, 0.5) is 0 Å². The summed E-state index contributed by atoms with van der Waals surface area (Å²) >= 11 is 0. The zero-order valence-electron chi connectivity index (χ0n) is 10.9. The van der Waals surface area contributed by atoms with Crippen molar-refractivity contribution in [3.8, 4) is 6.07 Å². The highest BCUT2D eigenvalue weighted by atomic mass is 16.6. The Hall–Kier alpha value is -1.83. The molecule has 2 bridgehead atoms. The van der Waals surface area contributed by atoms with Gasteiger partial charge in [-0.15, -0.1) is 0 Å². The van der Waals surface area contributed by atoms with Crippen molar-refractivity contribution in [3.05, 3.63) is 12.2 Å². The summed E-state index contributed by atoms with van der Waals surface area (Å²) in [7, 11) is 0. The highest BCUT2D eigenvalue weighted by Gasteiger charge is 2.52. The zero-order valence-corrected chi connectivity index (χ0v) is 10.9. The normalized spacial score (nSPS) is 32.3. The second-order valence-electron chi connectivity index (χ2n) is 5.17. The standard InChI is InChI=1S/C14H17NO4/c1-8(2)13(16)18-11-6-5-10-9(4-3-7-15)12(11)19-14(10)17/h9-12H,1,3-6H2,2H3. The van der Waals surface area contributed by atoms with Crippen LogP contribution in [0.5, 0.6) is 0 Å². The SMILES string of the molecule is C=C(C)C(=O)OC1CCC2C(=O)OC1C2CCC#N. The highest BCUT2D eigenvalue weighted by Crippen LogP contribution is 2.43. The van der Waals surface area contributed by atoms with Crippen LogP contribution in [0.25, 0.3) is 0 Å². The molecule has 1 saturated carbocycles. The smallest absolute Gasteiger partial charge is 0.333 e. The molecule has 1 saturated heterocycles. The first-order valence-corrected chi connectivity index (χ1v) is 6.48. The minimum Gasteiger partial charge on any atom is -0.458 e. The summed E-state index contributed by atoms with van der Waals surface area (Å²) in [6.07, 6.45) is 1.47. The van der Waals surface area contributed by atoms with Crippen LogP contribution in [0, 0.1) is 23.2 Å². The molecule has 19 heavy (non-hydrogen) atoms. The van der Waals surface area contributed by atoms with Crippen LogP contribution in [-0.2, 0) is 19.1 Å². The first kappa shape index (κ1) is 13.6. The fourth-order valence-corrected chi connectivity index (χ4v) is 2.87. The molecular weight excluding hydrogens is 246 g/mol.